The van der Waals surface area contributed by atoms with Gasteiger partial charge in [-0.25, -0.2) is 4.99 Å². The van der Waals surface area contributed by atoms with Gasteiger partial charge in [-0.3, -0.25) is 9.98 Å². The molecule has 1 aliphatic heterocycles. The van der Waals surface area contributed by atoms with Crippen molar-refractivity contribution >= 4 is 18.3 Å². The van der Waals surface area contributed by atoms with Crippen LogP contribution in [-0.4, -0.2) is 44.3 Å². The minimum Gasteiger partial charge on any atom is -0.381 e. The van der Waals surface area contributed by atoms with Gasteiger partial charge in [-0.1, -0.05) is 30.8 Å². The summed E-state index contributed by atoms with van der Waals surface area (Å²) in [7, 11) is 5.78. The summed E-state index contributed by atoms with van der Waals surface area (Å²) in [6.07, 6.45) is 6.91. The average Bonchev–Trinajstić information content (AvgIpc) is 2.62. The van der Waals surface area contributed by atoms with Gasteiger partial charge in [0, 0.05) is 63.3 Å². The number of aliphatic imine (C=N–C) groups is 3. The molecule has 0 bridgehead atoms. The topological polar surface area (TPSA) is 52.4 Å². The predicted octanol–water partition coefficient (Wildman–Crippen LogP) is 3.17. The minimum absolute atomic E-state index is 0.669. The van der Waals surface area contributed by atoms with E-state index in [1.165, 1.54) is 5.56 Å². The van der Waals surface area contributed by atoms with E-state index in [4.69, 9.17) is 0 Å². The Morgan fingerprint density at radius 2 is 2.04 bits per heavy atom. The van der Waals surface area contributed by atoms with E-state index >= 15 is 0 Å². The Morgan fingerprint density at radius 3 is 2.64 bits per heavy atom. The largest absolute Gasteiger partial charge is 0.381 e. The Bertz CT molecular complexity index is 749. The number of dihydropyridines is 1. The second-order valence-corrected chi connectivity index (χ2v) is 5.96. The van der Waals surface area contributed by atoms with Crippen molar-refractivity contribution in [3.63, 3.8) is 0 Å². The number of benzene rings is 1. The van der Waals surface area contributed by atoms with Crippen LogP contribution in [0.4, 0.5) is 0 Å². The van der Waals surface area contributed by atoms with Crippen molar-refractivity contribution < 1.29 is 0 Å². The van der Waals surface area contributed by atoms with E-state index in [0.29, 0.717) is 6.42 Å². The van der Waals surface area contributed by atoms with Gasteiger partial charge in [0.05, 0.1) is 5.71 Å². The van der Waals surface area contributed by atoms with Crippen molar-refractivity contribution in [2.75, 3.05) is 21.1 Å². The van der Waals surface area contributed by atoms with Gasteiger partial charge >= 0.3 is 0 Å². The first-order chi connectivity index (χ1) is 12.0. The zero-order valence-electron chi connectivity index (χ0n) is 15.2. The highest BCUT2D eigenvalue weighted by molar-refractivity contribution is 6.16. The van der Waals surface area contributed by atoms with Crippen LogP contribution in [0.1, 0.15) is 17.5 Å². The fourth-order valence-electron chi connectivity index (χ4n) is 2.35. The molecule has 0 atom stereocenters. The first kappa shape index (κ1) is 18.4. The first-order valence-electron chi connectivity index (χ1n) is 8.10. The van der Waals surface area contributed by atoms with Crippen molar-refractivity contribution in [3.05, 3.63) is 71.8 Å². The highest BCUT2D eigenvalue weighted by Gasteiger charge is 2.13. The Morgan fingerprint density at radius 1 is 1.32 bits per heavy atom. The van der Waals surface area contributed by atoms with Crippen LogP contribution in [0.3, 0.4) is 0 Å². The summed E-state index contributed by atoms with van der Waals surface area (Å²) in [6.45, 7) is 7.50. The smallest absolute Gasteiger partial charge is 0.129 e. The first-order valence-corrected chi connectivity index (χ1v) is 8.10. The molecule has 0 saturated carbocycles. The van der Waals surface area contributed by atoms with Gasteiger partial charge in [0.2, 0.25) is 0 Å². The summed E-state index contributed by atoms with van der Waals surface area (Å²) >= 11 is 0. The van der Waals surface area contributed by atoms with E-state index in [2.05, 4.69) is 57.9 Å². The molecular formula is C20H25N5. The van der Waals surface area contributed by atoms with E-state index in [1.807, 2.05) is 25.1 Å². The molecule has 2 rings (SSSR count). The second-order valence-electron chi connectivity index (χ2n) is 5.96. The summed E-state index contributed by atoms with van der Waals surface area (Å²) in [6, 6.07) is 8.41. The summed E-state index contributed by atoms with van der Waals surface area (Å²) in [4.78, 5) is 14.6. The molecule has 0 fully saturated rings. The van der Waals surface area contributed by atoms with Gasteiger partial charge in [0.1, 0.15) is 5.84 Å². The maximum atomic E-state index is 4.63. The maximum Gasteiger partial charge on any atom is 0.129 e. The van der Waals surface area contributed by atoms with Gasteiger partial charge < -0.3 is 10.2 Å². The molecule has 0 aromatic heterocycles. The molecule has 1 N–H and O–H groups in total. The minimum atomic E-state index is 0.669. The summed E-state index contributed by atoms with van der Waals surface area (Å²) in [5.41, 5.74) is 5.29. The van der Waals surface area contributed by atoms with Crippen LogP contribution in [-0.2, 0) is 6.42 Å². The molecule has 1 aromatic rings. The third-order valence-corrected chi connectivity index (χ3v) is 3.91. The Kier molecular flexibility index (Phi) is 6.46. The summed E-state index contributed by atoms with van der Waals surface area (Å²) in [5.74, 6) is 0.796. The zero-order chi connectivity index (χ0) is 18.2. The Labute approximate surface area is 149 Å². The predicted molar refractivity (Wildman–Crippen MR) is 107 cm³/mol. The molecule has 0 radical (unpaired) electrons. The third-order valence-electron chi connectivity index (χ3n) is 3.91. The van der Waals surface area contributed by atoms with Gasteiger partial charge in [-0.15, -0.1) is 0 Å². The molecule has 0 aliphatic carbocycles. The number of nitrogens with zero attached hydrogens (tertiary/aromatic N) is 4. The van der Waals surface area contributed by atoms with Crippen molar-refractivity contribution in [1.82, 2.24) is 10.2 Å². The molecular weight excluding hydrogens is 310 g/mol. The molecule has 1 aliphatic rings. The lowest BCUT2D eigenvalue weighted by molar-refractivity contribution is 0.501. The highest BCUT2D eigenvalue weighted by atomic mass is 15.1. The molecule has 1 aromatic carbocycles. The molecule has 0 unspecified atom stereocenters. The lowest BCUT2D eigenvalue weighted by Gasteiger charge is -2.17. The molecule has 130 valence electrons. The molecule has 0 amide bonds. The zero-order valence-corrected chi connectivity index (χ0v) is 15.2. The third kappa shape index (κ3) is 5.28. The Hall–Kier alpha value is -2.95. The van der Waals surface area contributed by atoms with Crippen molar-refractivity contribution in [2.45, 2.75) is 12.8 Å². The number of amidine groups is 1. The highest BCUT2D eigenvalue weighted by Crippen LogP contribution is 2.16. The van der Waals surface area contributed by atoms with E-state index in [-0.39, 0.29) is 0 Å². The van der Waals surface area contributed by atoms with E-state index in [1.54, 1.807) is 19.4 Å². The summed E-state index contributed by atoms with van der Waals surface area (Å²) in [5, 5.41) is 3.20. The van der Waals surface area contributed by atoms with Crippen LogP contribution in [0.2, 0.25) is 0 Å². The molecule has 25 heavy (non-hydrogen) atoms. The number of hydrogen-bond donors (Lipinski definition) is 1. The van der Waals surface area contributed by atoms with Gasteiger partial charge in [0.25, 0.3) is 0 Å². The van der Waals surface area contributed by atoms with Gasteiger partial charge in [-0.05, 0) is 18.4 Å². The number of rotatable bonds is 7. The molecule has 0 spiro atoms. The second kappa shape index (κ2) is 8.78. The number of allylic oxidation sites excluding steroid dienone is 2. The van der Waals surface area contributed by atoms with Crippen LogP contribution in [0.25, 0.3) is 0 Å². The van der Waals surface area contributed by atoms with Crippen LogP contribution in [0, 0.1) is 0 Å². The molecule has 5 nitrogen and oxygen atoms in total. The number of hydrogen-bond acceptors (Lipinski definition) is 4. The van der Waals surface area contributed by atoms with Gasteiger partial charge in [0.15, 0.2) is 0 Å². The van der Waals surface area contributed by atoms with Gasteiger partial charge in [-0.2, -0.15) is 0 Å². The normalized spacial score (nSPS) is 15.7. The monoisotopic (exact) mass is 335 g/mol. The molecule has 1 heterocycles. The molecule has 5 heteroatoms. The quantitative estimate of drug-likeness (QED) is 0.778. The van der Waals surface area contributed by atoms with E-state index in [0.717, 1.165) is 34.9 Å². The van der Waals surface area contributed by atoms with E-state index < -0.39 is 0 Å². The lowest BCUT2D eigenvalue weighted by Crippen LogP contribution is -2.18. The van der Waals surface area contributed by atoms with Crippen LogP contribution >= 0.6 is 0 Å². The average molecular weight is 335 g/mol. The lowest BCUT2D eigenvalue weighted by atomic mass is 10.0. The van der Waals surface area contributed by atoms with Crippen LogP contribution < -0.4 is 5.32 Å². The van der Waals surface area contributed by atoms with Crippen LogP contribution in [0.5, 0.6) is 0 Å². The number of likely N-dealkylation sites (N-methyl/N-ethyl adjacent to an activating group) is 1. The van der Waals surface area contributed by atoms with Crippen LogP contribution in [0.15, 0.2) is 75.7 Å². The van der Waals surface area contributed by atoms with Crippen molar-refractivity contribution in [3.8, 4) is 0 Å². The van der Waals surface area contributed by atoms with Crippen molar-refractivity contribution in [1.29, 1.82) is 0 Å². The maximum absolute atomic E-state index is 4.63. The SMILES string of the molecule is C=N/C=C\NC1=CC(c2ccc(CC(=C)N(C)C)cc2)=NC(=NC)C1. The standard InChI is InChI=1S/C20H25N5/c1-15(25(4)5)12-16-6-8-17(9-7-16)19-13-18(23-11-10-21-2)14-20(22-3)24-19/h6-11,13,23H,1-2,12,14H2,3-5H3/b11-10-,22-20?. The van der Waals surface area contributed by atoms with Crippen molar-refractivity contribution in [2.24, 2.45) is 15.0 Å². The fraction of sp³-hybridized carbons (Fsp3) is 0.250. The molecule has 0 saturated heterocycles. The summed E-state index contributed by atoms with van der Waals surface area (Å²) < 4.78 is 0. The fourth-order valence-corrected chi connectivity index (χ4v) is 2.35. The van der Waals surface area contributed by atoms with E-state index in [9.17, 15) is 0 Å². The Balaban J connectivity index is 2.20. The number of nitrogens with one attached hydrogen (secondary N) is 1.